The van der Waals surface area contributed by atoms with Crippen molar-refractivity contribution >= 4 is 44.8 Å². The molecule has 1 aliphatic heterocycles. The number of anilines is 2. The number of amides is 2. The average Bonchev–Trinajstić information content (AvgIpc) is 2.64. The molecule has 1 heterocycles. The van der Waals surface area contributed by atoms with Crippen molar-refractivity contribution in [2.75, 3.05) is 10.6 Å². The Kier molecular flexibility index (Phi) is 6.00. The van der Waals surface area contributed by atoms with Crippen molar-refractivity contribution in [1.82, 2.24) is 0 Å². The molecule has 0 unspecified atom stereocenters. The van der Waals surface area contributed by atoms with Gasteiger partial charge in [0.15, 0.2) is 9.84 Å². The Balaban J connectivity index is 1.74. The van der Waals surface area contributed by atoms with E-state index in [1.54, 1.807) is 19.9 Å². The fraction of sp³-hybridized carbons (Fsp3) is 0.300. The first-order chi connectivity index (χ1) is 13.6. The minimum atomic E-state index is -3.79. The fourth-order valence-electron chi connectivity index (χ4n) is 2.94. The number of carbonyl (C=O) groups excluding carboxylic acids is 2. The summed E-state index contributed by atoms with van der Waals surface area (Å²) in [6, 6.07) is 8.53. The number of rotatable bonds is 5. The van der Waals surface area contributed by atoms with Crippen LogP contribution in [0.1, 0.15) is 25.8 Å². The molecule has 0 fully saturated rings. The van der Waals surface area contributed by atoms with Crippen molar-refractivity contribution < 1.29 is 22.4 Å². The predicted molar refractivity (Wildman–Crippen MR) is 111 cm³/mol. The Morgan fingerprint density at radius 2 is 2.00 bits per heavy atom. The third kappa shape index (κ3) is 4.62. The third-order valence-corrected chi connectivity index (χ3v) is 7.99. The highest BCUT2D eigenvalue weighted by atomic mass is 32.2. The van der Waals surface area contributed by atoms with Gasteiger partial charge in [0.1, 0.15) is 5.82 Å². The van der Waals surface area contributed by atoms with Crippen molar-refractivity contribution in [1.29, 1.82) is 0 Å². The average molecular weight is 437 g/mol. The van der Waals surface area contributed by atoms with Gasteiger partial charge in [0.25, 0.3) is 0 Å². The molecule has 6 nitrogen and oxygen atoms in total. The van der Waals surface area contributed by atoms with Gasteiger partial charge in [-0.3, -0.25) is 9.59 Å². The number of halogens is 1. The van der Waals surface area contributed by atoms with Crippen LogP contribution in [-0.4, -0.2) is 30.7 Å². The Bertz CT molecular complexity index is 1090. The van der Waals surface area contributed by atoms with E-state index in [2.05, 4.69) is 10.6 Å². The van der Waals surface area contributed by atoms with E-state index in [9.17, 15) is 22.4 Å². The Morgan fingerprint density at radius 3 is 2.69 bits per heavy atom. The summed E-state index contributed by atoms with van der Waals surface area (Å²) in [5, 5.41) is 4.11. The molecule has 9 heteroatoms. The molecule has 1 aliphatic rings. The molecular weight excluding hydrogens is 415 g/mol. The summed E-state index contributed by atoms with van der Waals surface area (Å²) in [6.45, 7) is 4.89. The Hall–Kier alpha value is -2.39. The maximum Gasteiger partial charge on any atom is 0.237 e. The molecule has 0 saturated carbocycles. The molecule has 0 saturated heterocycles. The summed E-state index contributed by atoms with van der Waals surface area (Å²) in [5.41, 5.74) is 1.44. The van der Waals surface area contributed by atoms with Crippen molar-refractivity contribution in [3.63, 3.8) is 0 Å². The number of nitrogens with one attached hydrogen (secondary N) is 2. The first kappa shape index (κ1) is 21.3. The minimum absolute atomic E-state index is 0.0463. The molecule has 0 aliphatic carbocycles. The van der Waals surface area contributed by atoms with E-state index in [1.807, 2.05) is 0 Å². The smallest absolute Gasteiger partial charge is 0.237 e. The molecule has 3 rings (SSSR count). The highest BCUT2D eigenvalue weighted by Gasteiger charge is 2.29. The van der Waals surface area contributed by atoms with Gasteiger partial charge in [-0.2, -0.15) is 0 Å². The highest BCUT2D eigenvalue weighted by molar-refractivity contribution is 8.01. The lowest BCUT2D eigenvalue weighted by atomic mass is 10.2. The Labute approximate surface area is 173 Å². The standard InChI is InChI=1S/C20H21FN2O4S2/c1-11-8-14(21)4-6-16(11)22-19(24)9-12(2)29(26,27)15-5-7-18-17(10-15)23-20(25)13(3)28-18/h4-8,10,12-13H,9H2,1-3H3,(H,22,24)(H,23,25)/t12-,13-/m0/s1. The number of benzene rings is 2. The molecule has 2 aromatic rings. The molecule has 2 atom stereocenters. The fourth-order valence-corrected chi connectivity index (χ4v) is 5.24. The zero-order valence-electron chi connectivity index (χ0n) is 16.2. The molecule has 0 bridgehead atoms. The van der Waals surface area contributed by atoms with Gasteiger partial charge in [0.2, 0.25) is 11.8 Å². The third-order valence-electron chi connectivity index (χ3n) is 4.68. The van der Waals surface area contributed by atoms with Crippen LogP contribution in [0.25, 0.3) is 0 Å². The van der Waals surface area contributed by atoms with Gasteiger partial charge in [-0.15, -0.1) is 11.8 Å². The lowest BCUT2D eigenvalue weighted by Gasteiger charge is -2.22. The van der Waals surface area contributed by atoms with Crippen LogP contribution in [0, 0.1) is 12.7 Å². The Morgan fingerprint density at radius 1 is 1.28 bits per heavy atom. The van der Waals surface area contributed by atoms with Crippen LogP contribution >= 0.6 is 11.8 Å². The second-order valence-corrected chi connectivity index (χ2v) is 10.7. The summed E-state index contributed by atoms with van der Waals surface area (Å²) in [4.78, 5) is 25.0. The van der Waals surface area contributed by atoms with E-state index in [1.165, 1.54) is 49.0 Å². The maximum absolute atomic E-state index is 13.2. The van der Waals surface area contributed by atoms with Crippen LogP contribution < -0.4 is 10.6 Å². The monoisotopic (exact) mass is 436 g/mol. The number of hydrogen-bond donors (Lipinski definition) is 2. The van der Waals surface area contributed by atoms with Crippen LogP contribution in [0.5, 0.6) is 0 Å². The summed E-state index contributed by atoms with van der Waals surface area (Å²) in [7, 11) is -3.79. The second kappa shape index (κ2) is 8.16. The summed E-state index contributed by atoms with van der Waals surface area (Å²) >= 11 is 1.36. The van der Waals surface area contributed by atoms with Gasteiger partial charge in [0, 0.05) is 17.0 Å². The van der Waals surface area contributed by atoms with Crippen LogP contribution in [0.2, 0.25) is 0 Å². The number of carbonyl (C=O) groups is 2. The zero-order valence-corrected chi connectivity index (χ0v) is 17.8. The minimum Gasteiger partial charge on any atom is -0.326 e. The maximum atomic E-state index is 13.2. The number of thioether (sulfide) groups is 1. The van der Waals surface area contributed by atoms with Crippen LogP contribution in [0.4, 0.5) is 15.8 Å². The van der Waals surface area contributed by atoms with E-state index >= 15 is 0 Å². The van der Waals surface area contributed by atoms with Crippen LogP contribution in [0.3, 0.4) is 0 Å². The first-order valence-electron chi connectivity index (χ1n) is 8.99. The molecule has 2 N–H and O–H groups in total. The number of hydrogen-bond acceptors (Lipinski definition) is 5. The van der Waals surface area contributed by atoms with Crippen molar-refractivity contribution in [3.05, 3.63) is 47.8 Å². The molecule has 0 radical (unpaired) electrons. The van der Waals surface area contributed by atoms with Gasteiger partial charge in [-0.25, -0.2) is 12.8 Å². The van der Waals surface area contributed by atoms with E-state index in [0.29, 0.717) is 16.9 Å². The van der Waals surface area contributed by atoms with Gasteiger partial charge >= 0.3 is 0 Å². The predicted octanol–water partition coefficient (Wildman–Crippen LogP) is 3.76. The van der Waals surface area contributed by atoms with Gasteiger partial charge in [-0.1, -0.05) is 0 Å². The number of aryl methyl sites for hydroxylation is 1. The number of fused-ring (bicyclic) bond motifs is 1. The largest absolute Gasteiger partial charge is 0.326 e. The molecule has 2 aromatic carbocycles. The van der Waals surface area contributed by atoms with E-state index in [-0.39, 0.29) is 22.5 Å². The van der Waals surface area contributed by atoms with Crippen molar-refractivity contribution in [2.45, 2.75) is 47.5 Å². The lowest BCUT2D eigenvalue weighted by Crippen LogP contribution is -2.27. The van der Waals surface area contributed by atoms with Crippen molar-refractivity contribution in [2.24, 2.45) is 0 Å². The first-order valence-corrected chi connectivity index (χ1v) is 11.4. The van der Waals surface area contributed by atoms with Crippen LogP contribution in [0.15, 0.2) is 46.2 Å². The quantitative estimate of drug-likeness (QED) is 0.745. The summed E-state index contributed by atoms with van der Waals surface area (Å²) in [6.07, 6.45) is -0.256. The summed E-state index contributed by atoms with van der Waals surface area (Å²) < 4.78 is 39.0. The SMILES string of the molecule is Cc1cc(F)ccc1NC(=O)C[C@H](C)S(=O)(=O)c1ccc2c(c1)NC(=O)[C@H](C)S2. The second-order valence-electron chi connectivity index (χ2n) is 6.97. The van der Waals surface area contributed by atoms with E-state index in [4.69, 9.17) is 0 Å². The molecule has 2 amide bonds. The van der Waals surface area contributed by atoms with E-state index in [0.717, 1.165) is 4.90 Å². The van der Waals surface area contributed by atoms with Gasteiger partial charge in [-0.05, 0) is 62.7 Å². The van der Waals surface area contributed by atoms with Gasteiger partial charge < -0.3 is 10.6 Å². The topological polar surface area (TPSA) is 92.3 Å². The highest BCUT2D eigenvalue weighted by Crippen LogP contribution is 2.37. The lowest BCUT2D eigenvalue weighted by molar-refractivity contribution is -0.116. The number of sulfone groups is 1. The molecular formula is C20H21FN2O4S2. The van der Waals surface area contributed by atoms with Crippen LogP contribution in [-0.2, 0) is 19.4 Å². The van der Waals surface area contributed by atoms with E-state index < -0.39 is 26.8 Å². The molecule has 0 aromatic heterocycles. The zero-order chi connectivity index (χ0) is 21.3. The normalized spacial score (nSPS) is 17.2. The van der Waals surface area contributed by atoms with Gasteiger partial charge in [0.05, 0.1) is 21.1 Å². The molecule has 154 valence electrons. The molecule has 29 heavy (non-hydrogen) atoms. The molecule has 0 spiro atoms. The summed E-state index contributed by atoms with van der Waals surface area (Å²) in [5.74, 6) is -1.07. The van der Waals surface area contributed by atoms with Crippen molar-refractivity contribution in [3.8, 4) is 0 Å².